The molecule has 0 bridgehead atoms. The third-order valence-electron chi connectivity index (χ3n) is 3.72. The number of nitrogens with one attached hydrogen (secondary N) is 1. The zero-order valence-corrected chi connectivity index (χ0v) is 15.3. The number of aryl methyl sites for hydroxylation is 3. The fraction of sp³-hybridized carbons (Fsp3) is 0.562. The second-order valence-corrected chi connectivity index (χ2v) is 7.13. The van der Waals surface area contributed by atoms with Crippen LogP contribution in [0.5, 0.6) is 0 Å². The van der Waals surface area contributed by atoms with E-state index in [0.29, 0.717) is 13.1 Å². The fourth-order valence-electron chi connectivity index (χ4n) is 2.53. The van der Waals surface area contributed by atoms with E-state index < -0.39 is 0 Å². The number of imidazole rings is 1. The minimum atomic E-state index is -0.104. The normalized spacial score (nSPS) is 12.2. The quantitative estimate of drug-likeness (QED) is 0.882. The SMILES string of the molecule is CCCN(Cc1nccn1C)C(=O)N[C@@H](C)c1nc(C)sc1C. The first-order chi connectivity index (χ1) is 10.9. The van der Waals surface area contributed by atoms with E-state index in [1.807, 2.05) is 38.6 Å². The monoisotopic (exact) mass is 335 g/mol. The van der Waals surface area contributed by atoms with Gasteiger partial charge in [0.15, 0.2) is 0 Å². The van der Waals surface area contributed by atoms with Crippen LogP contribution in [-0.2, 0) is 13.6 Å². The van der Waals surface area contributed by atoms with Gasteiger partial charge in [0.05, 0.1) is 23.3 Å². The Balaban J connectivity index is 2.05. The van der Waals surface area contributed by atoms with Crippen LogP contribution < -0.4 is 5.32 Å². The molecule has 0 aromatic carbocycles. The third-order valence-corrected chi connectivity index (χ3v) is 4.63. The number of hydrogen-bond donors (Lipinski definition) is 1. The lowest BCUT2D eigenvalue weighted by molar-refractivity contribution is 0.189. The Morgan fingerprint density at radius 1 is 1.48 bits per heavy atom. The van der Waals surface area contributed by atoms with Gasteiger partial charge in [-0.15, -0.1) is 11.3 Å². The first-order valence-electron chi connectivity index (χ1n) is 7.88. The van der Waals surface area contributed by atoms with Crippen LogP contribution in [0.2, 0.25) is 0 Å². The predicted molar refractivity (Wildman–Crippen MR) is 92.4 cm³/mol. The molecular formula is C16H25N5OS. The van der Waals surface area contributed by atoms with E-state index in [-0.39, 0.29) is 12.1 Å². The van der Waals surface area contributed by atoms with Crippen LogP contribution in [0.1, 0.15) is 47.7 Å². The summed E-state index contributed by atoms with van der Waals surface area (Å²) in [7, 11) is 1.94. The Bertz CT molecular complexity index is 663. The van der Waals surface area contributed by atoms with Gasteiger partial charge in [-0.25, -0.2) is 14.8 Å². The van der Waals surface area contributed by atoms with Gasteiger partial charge in [-0.2, -0.15) is 0 Å². The van der Waals surface area contributed by atoms with Crippen LogP contribution in [0.4, 0.5) is 4.79 Å². The molecule has 1 N–H and O–H groups in total. The van der Waals surface area contributed by atoms with E-state index in [1.54, 1.807) is 22.4 Å². The number of thiazole rings is 1. The van der Waals surface area contributed by atoms with Gasteiger partial charge >= 0.3 is 6.03 Å². The number of amides is 2. The second kappa shape index (κ2) is 7.59. The van der Waals surface area contributed by atoms with Crippen LogP contribution >= 0.6 is 11.3 Å². The number of carbonyl (C=O) groups is 1. The molecule has 6 nitrogen and oxygen atoms in total. The van der Waals surface area contributed by atoms with E-state index in [1.165, 1.54) is 0 Å². The molecule has 2 amide bonds. The molecule has 0 fully saturated rings. The molecule has 0 saturated carbocycles. The fourth-order valence-corrected chi connectivity index (χ4v) is 3.45. The Morgan fingerprint density at radius 2 is 2.22 bits per heavy atom. The lowest BCUT2D eigenvalue weighted by Gasteiger charge is -2.24. The van der Waals surface area contributed by atoms with Crippen molar-refractivity contribution < 1.29 is 4.79 Å². The Hall–Kier alpha value is -1.89. The lowest BCUT2D eigenvalue weighted by atomic mass is 10.2. The van der Waals surface area contributed by atoms with Crippen molar-refractivity contribution >= 4 is 17.4 Å². The van der Waals surface area contributed by atoms with E-state index in [9.17, 15) is 4.79 Å². The molecule has 0 aliphatic carbocycles. The largest absolute Gasteiger partial charge is 0.337 e. The number of nitrogens with zero attached hydrogens (tertiary/aromatic N) is 4. The maximum atomic E-state index is 12.6. The summed E-state index contributed by atoms with van der Waals surface area (Å²) in [5.74, 6) is 0.877. The van der Waals surface area contributed by atoms with Gasteiger partial charge < -0.3 is 14.8 Å². The zero-order chi connectivity index (χ0) is 17.0. The van der Waals surface area contributed by atoms with Gasteiger partial charge in [-0.05, 0) is 27.2 Å². The van der Waals surface area contributed by atoms with Crippen LogP contribution in [0.25, 0.3) is 0 Å². The zero-order valence-electron chi connectivity index (χ0n) is 14.5. The highest BCUT2D eigenvalue weighted by atomic mass is 32.1. The van der Waals surface area contributed by atoms with Gasteiger partial charge in [0.2, 0.25) is 0 Å². The van der Waals surface area contributed by atoms with Crippen molar-refractivity contribution in [2.24, 2.45) is 7.05 Å². The van der Waals surface area contributed by atoms with Crippen LogP contribution in [0.15, 0.2) is 12.4 Å². The van der Waals surface area contributed by atoms with Gasteiger partial charge in [-0.3, -0.25) is 0 Å². The summed E-state index contributed by atoms with van der Waals surface area (Å²) in [4.78, 5) is 24.4. The predicted octanol–water partition coefficient (Wildman–Crippen LogP) is 3.18. The minimum absolute atomic E-state index is 0.0765. The summed E-state index contributed by atoms with van der Waals surface area (Å²) in [6, 6.07) is -0.180. The number of carbonyl (C=O) groups excluding carboxylic acids is 1. The first-order valence-corrected chi connectivity index (χ1v) is 8.69. The topological polar surface area (TPSA) is 63.1 Å². The van der Waals surface area contributed by atoms with Crippen molar-refractivity contribution in [2.75, 3.05) is 6.54 Å². The highest BCUT2D eigenvalue weighted by Gasteiger charge is 2.20. The van der Waals surface area contributed by atoms with E-state index in [0.717, 1.165) is 27.8 Å². The maximum Gasteiger partial charge on any atom is 0.318 e. The summed E-state index contributed by atoms with van der Waals surface area (Å²) < 4.78 is 1.94. The lowest BCUT2D eigenvalue weighted by Crippen LogP contribution is -2.41. The molecule has 0 unspecified atom stereocenters. The summed E-state index contributed by atoms with van der Waals surface area (Å²) >= 11 is 1.66. The molecule has 0 aliphatic rings. The Labute approximate surface area is 141 Å². The van der Waals surface area contributed by atoms with E-state index in [4.69, 9.17) is 0 Å². The highest BCUT2D eigenvalue weighted by Crippen LogP contribution is 2.22. The van der Waals surface area contributed by atoms with Crippen molar-refractivity contribution in [3.8, 4) is 0 Å². The highest BCUT2D eigenvalue weighted by molar-refractivity contribution is 7.11. The molecule has 0 saturated heterocycles. The molecule has 0 radical (unpaired) electrons. The van der Waals surface area contributed by atoms with Crippen molar-refractivity contribution in [2.45, 2.75) is 46.7 Å². The average molecular weight is 335 g/mol. The van der Waals surface area contributed by atoms with Gasteiger partial charge in [-0.1, -0.05) is 6.92 Å². The number of hydrogen-bond acceptors (Lipinski definition) is 4. The first kappa shape index (κ1) is 17.5. The Morgan fingerprint density at radius 3 is 2.74 bits per heavy atom. The Kier molecular flexibility index (Phi) is 5.76. The molecule has 2 aromatic rings. The molecule has 1 atom stereocenters. The molecular weight excluding hydrogens is 310 g/mol. The van der Waals surface area contributed by atoms with Crippen molar-refractivity contribution in [3.63, 3.8) is 0 Å². The molecule has 7 heteroatoms. The molecule has 2 rings (SSSR count). The second-order valence-electron chi connectivity index (χ2n) is 5.72. The van der Waals surface area contributed by atoms with E-state index >= 15 is 0 Å². The molecule has 2 aromatic heterocycles. The number of aromatic nitrogens is 3. The van der Waals surface area contributed by atoms with Crippen LogP contribution in [0, 0.1) is 13.8 Å². The van der Waals surface area contributed by atoms with E-state index in [2.05, 4.69) is 22.2 Å². The molecule has 0 spiro atoms. The third kappa shape index (κ3) is 4.31. The molecule has 2 heterocycles. The number of rotatable bonds is 6. The summed E-state index contributed by atoms with van der Waals surface area (Å²) in [6.07, 6.45) is 4.55. The van der Waals surface area contributed by atoms with Gasteiger partial charge in [0.1, 0.15) is 5.82 Å². The van der Waals surface area contributed by atoms with Crippen molar-refractivity contribution in [3.05, 3.63) is 33.8 Å². The van der Waals surface area contributed by atoms with Crippen LogP contribution in [0.3, 0.4) is 0 Å². The summed E-state index contributed by atoms with van der Waals surface area (Å²) in [5, 5.41) is 4.09. The standard InChI is InChI=1S/C16H25N5OS/c1-6-8-21(10-14-17-7-9-20(14)5)16(22)18-11(2)15-12(3)23-13(4)19-15/h7,9,11H,6,8,10H2,1-5H3,(H,18,22)/t11-/m0/s1. The van der Waals surface area contributed by atoms with Crippen molar-refractivity contribution in [1.29, 1.82) is 0 Å². The molecule has 23 heavy (non-hydrogen) atoms. The van der Waals surface area contributed by atoms with Gasteiger partial charge in [0, 0.05) is 30.9 Å². The molecule has 0 aliphatic heterocycles. The van der Waals surface area contributed by atoms with Gasteiger partial charge in [0.25, 0.3) is 0 Å². The maximum absolute atomic E-state index is 12.6. The number of urea groups is 1. The minimum Gasteiger partial charge on any atom is -0.337 e. The summed E-state index contributed by atoms with van der Waals surface area (Å²) in [6.45, 7) is 9.27. The summed E-state index contributed by atoms with van der Waals surface area (Å²) in [5.41, 5.74) is 0.953. The smallest absolute Gasteiger partial charge is 0.318 e. The molecule has 126 valence electrons. The van der Waals surface area contributed by atoms with Crippen molar-refractivity contribution in [1.82, 2.24) is 24.8 Å². The average Bonchev–Trinajstić information content (AvgIpc) is 3.04. The van der Waals surface area contributed by atoms with Crippen LogP contribution in [-0.4, -0.2) is 32.0 Å².